The second-order valence-corrected chi connectivity index (χ2v) is 8.22. The minimum atomic E-state index is -0.242. The van der Waals surface area contributed by atoms with E-state index in [1.165, 1.54) is 17.3 Å². The van der Waals surface area contributed by atoms with Gasteiger partial charge in [-0.05, 0) is 43.2 Å². The van der Waals surface area contributed by atoms with Gasteiger partial charge in [0, 0.05) is 26.2 Å². The van der Waals surface area contributed by atoms with Crippen molar-refractivity contribution in [1.82, 2.24) is 19.7 Å². The SMILES string of the molecule is COc1ccc(-c2nnc(SC(C)C(=O)N(C)C)n2CCc2ccccc2)cc1. The van der Waals surface area contributed by atoms with E-state index in [1.54, 1.807) is 26.1 Å². The highest BCUT2D eigenvalue weighted by molar-refractivity contribution is 8.00. The van der Waals surface area contributed by atoms with Gasteiger partial charge in [0.05, 0.1) is 12.4 Å². The lowest BCUT2D eigenvalue weighted by Gasteiger charge is -2.17. The molecule has 3 rings (SSSR count). The molecule has 0 fully saturated rings. The molecule has 6 nitrogen and oxygen atoms in total. The first-order chi connectivity index (χ1) is 14.0. The van der Waals surface area contributed by atoms with Crippen molar-refractivity contribution in [3.63, 3.8) is 0 Å². The zero-order valence-corrected chi connectivity index (χ0v) is 18.0. The number of carbonyl (C=O) groups excluding carboxylic acids is 1. The van der Waals surface area contributed by atoms with Crippen molar-refractivity contribution in [3.05, 3.63) is 60.2 Å². The number of thioether (sulfide) groups is 1. The number of benzene rings is 2. The van der Waals surface area contributed by atoms with Crippen LogP contribution in [0.4, 0.5) is 0 Å². The fraction of sp³-hybridized carbons (Fsp3) is 0.318. The van der Waals surface area contributed by atoms with Crippen molar-refractivity contribution in [2.24, 2.45) is 0 Å². The van der Waals surface area contributed by atoms with Gasteiger partial charge in [0.25, 0.3) is 0 Å². The lowest BCUT2D eigenvalue weighted by atomic mass is 10.1. The maximum absolute atomic E-state index is 12.3. The highest BCUT2D eigenvalue weighted by atomic mass is 32.2. The second-order valence-electron chi connectivity index (χ2n) is 6.91. The molecule has 0 aliphatic rings. The molecule has 152 valence electrons. The number of carbonyl (C=O) groups is 1. The fourth-order valence-electron chi connectivity index (χ4n) is 2.99. The van der Waals surface area contributed by atoms with Crippen molar-refractivity contribution in [2.75, 3.05) is 21.2 Å². The maximum Gasteiger partial charge on any atom is 0.235 e. The molecule has 2 aromatic carbocycles. The van der Waals surface area contributed by atoms with E-state index < -0.39 is 0 Å². The van der Waals surface area contributed by atoms with Gasteiger partial charge in [-0.2, -0.15) is 0 Å². The lowest BCUT2D eigenvalue weighted by Crippen LogP contribution is -2.29. The van der Waals surface area contributed by atoms with Crippen LogP contribution in [0.15, 0.2) is 59.8 Å². The Hall–Kier alpha value is -2.80. The zero-order valence-electron chi connectivity index (χ0n) is 17.2. The molecule has 1 amide bonds. The van der Waals surface area contributed by atoms with Crippen LogP contribution >= 0.6 is 11.8 Å². The number of methoxy groups -OCH3 is 1. The zero-order chi connectivity index (χ0) is 20.8. The van der Waals surface area contributed by atoms with E-state index in [2.05, 4.69) is 26.9 Å². The van der Waals surface area contributed by atoms with Gasteiger partial charge >= 0.3 is 0 Å². The molecule has 1 aromatic heterocycles. The van der Waals surface area contributed by atoms with E-state index in [1.807, 2.05) is 49.4 Å². The Morgan fingerprint density at radius 2 is 1.79 bits per heavy atom. The van der Waals surface area contributed by atoms with Crippen LogP contribution in [-0.2, 0) is 17.8 Å². The summed E-state index contributed by atoms with van der Waals surface area (Å²) < 4.78 is 7.35. The van der Waals surface area contributed by atoms with Gasteiger partial charge in [0.2, 0.25) is 5.91 Å². The standard InChI is InChI=1S/C22H26N4O2S/c1-16(21(27)25(2)3)29-22-24-23-20(18-10-12-19(28-4)13-11-18)26(22)15-14-17-8-6-5-7-9-17/h5-13,16H,14-15H2,1-4H3. The van der Waals surface area contributed by atoms with Gasteiger partial charge in [0.1, 0.15) is 5.75 Å². The van der Waals surface area contributed by atoms with Crippen molar-refractivity contribution in [1.29, 1.82) is 0 Å². The number of aryl methyl sites for hydroxylation is 1. The van der Waals surface area contributed by atoms with E-state index in [-0.39, 0.29) is 11.2 Å². The van der Waals surface area contributed by atoms with E-state index in [9.17, 15) is 4.79 Å². The summed E-state index contributed by atoms with van der Waals surface area (Å²) in [7, 11) is 5.18. The van der Waals surface area contributed by atoms with Crippen molar-refractivity contribution < 1.29 is 9.53 Å². The molecule has 1 unspecified atom stereocenters. The third-order valence-electron chi connectivity index (χ3n) is 4.60. The van der Waals surface area contributed by atoms with Crippen LogP contribution in [0.1, 0.15) is 12.5 Å². The summed E-state index contributed by atoms with van der Waals surface area (Å²) in [5.74, 6) is 1.64. The van der Waals surface area contributed by atoms with Crippen LogP contribution in [0.2, 0.25) is 0 Å². The molecule has 1 heterocycles. The summed E-state index contributed by atoms with van der Waals surface area (Å²) in [6, 6.07) is 18.1. The topological polar surface area (TPSA) is 60.3 Å². The Labute approximate surface area is 175 Å². The van der Waals surface area contributed by atoms with Crippen LogP contribution in [0.25, 0.3) is 11.4 Å². The fourth-order valence-corrected chi connectivity index (χ4v) is 4.01. The summed E-state index contributed by atoms with van der Waals surface area (Å²) >= 11 is 1.44. The van der Waals surface area contributed by atoms with E-state index in [0.29, 0.717) is 0 Å². The molecule has 3 aromatic rings. The van der Waals surface area contributed by atoms with Crippen LogP contribution in [0, 0.1) is 0 Å². The average Bonchev–Trinajstić information content (AvgIpc) is 3.14. The normalized spacial score (nSPS) is 11.9. The summed E-state index contributed by atoms with van der Waals surface area (Å²) in [6.45, 7) is 2.62. The number of rotatable bonds is 8. The Morgan fingerprint density at radius 3 is 2.41 bits per heavy atom. The highest BCUT2D eigenvalue weighted by Crippen LogP contribution is 2.28. The summed E-state index contributed by atoms with van der Waals surface area (Å²) in [5.41, 5.74) is 2.21. The number of ether oxygens (including phenoxy) is 1. The first kappa shape index (κ1) is 20.9. The number of nitrogens with zero attached hydrogens (tertiary/aromatic N) is 4. The molecule has 0 radical (unpaired) electrons. The van der Waals surface area contributed by atoms with Gasteiger partial charge in [-0.1, -0.05) is 42.1 Å². The van der Waals surface area contributed by atoms with E-state index in [0.717, 1.165) is 35.3 Å². The van der Waals surface area contributed by atoms with Gasteiger partial charge in [-0.15, -0.1) is 10.2 Å². The van der Waals surface area contributed by atoms with Crippen molar-refractivity contribution in [3.8, 4) is 17.1 Å². The van der Waals surface area contributed by atoms with Crippen LogP contribution in [-0.4, -0.2) is 52.0 Å². The molecular formula is C22H26N4O2S. The van der Waals surface area contributed by atoms with E-state index in [4.69, 9.17) is 4.74 Å². The molecule has 1 atom stereocenters. The second kappa shape index (κ2) is 9.60. The Balaban J connectivity index is 1.90. The molecule has 0 spiro atoms. The number of amides is 1. The number of aromatic nitrogens is 3. The third-order valence-corrected chi connectivity index (χ3v) is 5.67. The smallest absolute Gasteiger partial charge is 0.235 e. The monoisotopic (exact) mass is 410 g/mol. The van der Waals surface area contributed by atoms with Crippen LogP contribution in [0.5, 0.6) is 5.75 Å². The highest BCUT2D eigenvalue weighted by Gasteiger charge is 2.22. The Morgan fingerprint density at radius 1 is 1.10 bits per heavy atom. The minimum absolute atomic E-state index is 0.0543. The average molecular weight is 411 g/mol. The van der Waals surface area contributed by atoms with Crippen LogP contribution in [0.3, 0.4) is 0 Å². The maximum atomic E-state index is 12.3. The largest absolute Gasteiger partial charge is 0.497 e. The van der Waals surface area contributed by atoms with Gasteiger partial charge < -0.3 is 14.2 Å². The van der Waals surface area contributed by atoms with E-state index >= 15 is 0 Å². The van der Waals surface area contributed by atoms with Gasteiger partial charge in [0.15, 0.2) is 11.0 Å². The van der Waals surface area contributed by atoms with Crippen molar-refractivity contribution >= 4 is 17.7 Å². The predicted molar refractivity (Wildman–Crippen MR) is 116 cm³/mol. The molecular weight excluding hydrogens is 384 g/mol. The van der Waals surface area contributed by atoms with Gasteiger partial charge in [-0.25, -0.2) is 0 Å². The summed E-state index contributed by atoms with van der Waals surface area (Å²) in [4.78, 5) is 13.9. The third kappa shape index (κ3) is 5.17. The molecule has 0 aliphatic carbocycles. The number of hydrogen-bond acceptors (Lipinski definition) is 5. The summed E-state index contributed by atoms with van der Waals surface area (Å²) in [6.07, 6.45) is 0.853. The molecule has 0 saturated heterocycles. The predicted octanol–water partition coefficient (Wildman–Crippen LogP) is 3.77. The molecule has 0 saturated carbocycles. The summed E-state index contributed by atoms with van der Waals surface area (Å²) in [5, 5.41) is 9.34. The molecule has 29 heavy (non-hydrogen) atoms. The molecule has 0 N–H and O–H groups in total. The van der Waals surface area contributed by atoms with Crippen molar-refractivity contribution in [2.45, 2.75) is 30.3 Å². The Bertz CT molecular complexity index is 939. The minimum Gasteiger partial charge on any atom is -0.497 e. The Kier molecular flexibility index (Phi) is 6.93. The van der Waals surface area contributed by atoms with Crippen LogP contribution < -0.4 is 4.74 Å². The molecule has 0 bridgehead atoms. The first-order valence-corrected chi connectivity index (χ1v) is 10.4. The molecule has 0 aliphatic heterocycles. The molecule has 7 heteroatoms. The van der Waals surface area contributed by atoms with Gasteiger partial charge in [-0.3, -0.25) is 4.79 Å². The number of hydrogen-bond donors (Lipinski definition) is 0. The first-order valence-electron chi connectivity index (χ1n) is 9.49. The lowest BCUT2D eigenvalue weighted by molar-refractivity contribution is -0.127. The quantitative estimate of drug-likeness (QED) is 0.529.